The van der Waals surface area contributed by atoms with Gasteiger partial charge in [0.25, 0.3) is 0 Å². The highest BCUT2D eigenvalue weighted by atomic mass is 16.3. The zero-order chi connectivity index (χ0) is 8.10. The molecule has 1 rings (SSSR count). The van der Waals surface area contributed by atoms with Crippen LogP contribution in [-0.4, -0.2) is 17.6 Å². The lowest BCUT2D eigenvalue weighted by molar-refractivity contribution is 0.455. The summed E-state index contributed by atoms with van der Waals surface area (Å²) in [4.78, 5) is 3.79. The van der Waals surface area contributed by atoms with Crippen molar-refractivity contribution in [3.63, 3.8) is 0 Å². The number of nitrogens with two attached hydrogens (primary N) is 1. The number of oxazole rings is 1. The standard InChI is InChI=1S/C7H13N3O/c1-6(2-8)10-4-7-3-9-5-11-7/h3,5-6,10H,2,4,8H2,1H3/t6-/m0/s1. The van der Waals surface area contributed by atoms with Gasteiger partial charge in [0.1, 0.15) is 5.76 Å². The number of nitrogens with zero attached hydrogens (tertiary/aromatic N) is 1. The largest absolute Gasteiger partial charge is 0.447 e. The van der Waals surface area contributed by atoms with Crippen LogP contribution in [0.3, 0.4) is 0 Å². The molecule has 0 bridgehead atoms. The maximum Gasteiger partial charge on any atom is 0.180 e. The van der Waals surface area contributed by atoms with Crippen molar-refractivity contribution in [3.8, 4) is 0 Å². The molecular weight excluding hydrogens is 142 g/mol. The van der Waals surface area contributed by atoms with Crippen LogP contribution in [0.1, 0.15) is 12.7 Å². The van der Waals surface area contributed by atoms with Crippen molar-refractivity contribution in [1.29, 1.82) is 0 Å². The molecule has 1 atom stereocenters. The Labute approximate surface area is 65.8 Å². The Bertz CT molecular complexity index is 186. The predicted octanol–water partition coefficient (Wildman–Crippen LogP) is 0.111. The molecule has 62 valence electrons. The molecule has 0 aliphatic heterocycles. The Hall–Kier alpha value is -0.870. The van der Waals surface area contributed by atoms with Gasteiger partial charge in [-0.3, -0.25) is 0 Å². The topological polar surface area (TPSA) is 64.1 Å². The second-order valence-corrected chi connectivity index (χ2v) is 2.49. The van der Waals surface area contributed by atoms with Crippen molar-refractivity contribution in [3.05, 3.63) is 18.4 Å². The number of nitrogens with one attached hydrogen (secondary N) is 1. The highest BCUT2D eigenvalue weighted by molar-refractivity contribution is 4.87. The Morgan fingerprint density at radius 3 is 3.18 bits per heavy atom. The summed E-state index contributed by atoms with van der Waals surface area (Å²) in [5, 5.41) is 3.18. The van der Waals surface area contributed by atoms with Gasteiger partial charge in [-0.1, -0.05) is 0 Å². The number of rotatable bonds is 4. The van der Waals surface area contributed by atoms with Crippen molar-refractivity contribution >= 4 is 0 Å². The molecule has 0 aliphatic rings. The fourth-order valence-corrected chi connectivity index (χ4v) is 0.688. The van der Waals surface area contributed by atoms with E-state index in [0.717, 1.165) is 5.76 Å². The van der Waals surface area contributed by atoms with Gasteiger partial charge < -0.3 is 15.5 Å². The van der Waals surface area contributed by atoms with E-state index >= 15 is 0 Å². The van der Waals surface area contributed by atoms with Crippen LogP contribution >= 0.6 is 0 Å². The van der Waals surface area contributed by atoms with Crippen molar-refractivity contribution < 1.29 is 4.42 Å². The zero-order valence-corrected chi connectivity index (χ0v) is 6.58. The second-order valence-electron chi connectivity index (χ2n) is 2.49. The normalized spacial score (nSPS) is 13.3. The molecule has 0 fully saturated rings. The number of aromatic nitrogens is 1. The molecule has 0 saturated heterocycles. The summed E-state index contributed by atoms with van der Waals surface area (Å²) in [6.07, 6.45) is 3.11. The van der Waals surface area contributed by atoms with E-state index in [1.54, 1.807) is 6.20 Å². The van der Waals surface area contributed by atoms with E-state index < -0.39 is 0 Å². The van der Waals surface area contributed by atoms with Crippen molar-refractivity contribution in [2.45, 2.75) is 19.5 Å². The quantitative estimate of drug-likeness (QED) is 0.647. The molecule has 4 nitrogen and oxygen atoms in total. The molecule has 4 heteroatoms. The summed E-state index contributed by atoms with van der Waals surface area (Å²) >= 11 is 0. The fraction of sp³-hybridized carbons (Fsp3) is 0.571. The van der Waals surface area contributed by atoms with Crippen molar-refractivity contribution in [2.24, 2.45) is 5.73 Å². The summed E-state index contributed by atoms with van der Waals surface area (Å²) in [5.74, 6) is 0.838. The molecular formula is C7H13N3O. The summed E-state index contributed by atoms with van der Waals surface area (Å²) in [5.41, 5.74) is 5.40. The highest BCUT2D eigenvalue weighted by Gasteiger charge is 1.99. The van der Waals surface area contributed by atoms with Crippen molar-refractivity contribution in [2.75, 3.05) is 6.54 Å². The van der Waals surface area contributed by atoms with Gasteiger partial charge in [0.05, 0.1) is 12.7 Å². The maximum absolute atomic E-state index is 5.40. The van der Waals surface area contributed by atoms with Crippen molar-refractivity contribution in [1.82, 2.24) is 10.3 Å². The zero-order valence-electron chi connectivity index (χ0n) is 6.58. The van der Waals surface area contributed by atoms with Gasteiger partial charge >= 0.3 is 0 Å². The average molecular weight is 155 g/mol. The van der Waals surface area contributed by atoms with Gasteiger partial charge in [0, 0.05) is 12.6 Å². The van der Waals surface area contributed by atoms with E-state index in [-0.39, 0.29) is 0 Å². The summed E-state index contributed by atoms with van der Waals surface area (Å²) < 4.78 is 5.01. The van der Waals surface area contributed by atoms with Crippen LogP contribution in [0.4, 0.5) is 0 Å². The van der Waals surface area contributed by atoms with Gasteiger partial charge in [0.2, 0.25) is 0 Å². The third-order valence-electron chi connectivity index (χ3n) is 1.46. The molecule has 0 unspecified atom stereocenters. The van der Waals surface area contributed by atoms with Gasteiger partial charge in [-0.15, -0.1) is 0 Å². The van der Waals surface area contributed by atoms with Crippen LogP contribution in [0.25, 0.3) is 0 Å². The molecule has 3 N–H and O–H groups in total. The first kappa shape index (κ1) is 8.23. The van der Waals surface area contributed by atoms with Crippen LogP contribution < -0.4 is 11.1 Å². The molecule has 1 aromatic heterocycles. The van der Waals surface area contributed by atoms with E-state index in [1.807, 2.05) is 6.92 Å². The van der Waals surface area contributed by atoms with E-state index in [1.165, 1.54) is 6.39 Å². The predicted molar refractivity (Wildman–Crippen MR) is 41.9 cm³/mol. The number of hydrogen-bond donors (Lipinski definition) is 2. The second kappa shape index (κ2) is 4.10. The lowest BCUT2D eigenvalue weighted by atomic mass is 10.3. The molecule has 11 heavy (non-hydrogen) atoms. The van der Waals surface area contributed by atoms with Gasteiger partial charge in [-0.25, -0.2) is 4.98 Å². The lowest BCUT2D eigenvalue weighted by Gasteiger charge is -2.08. The first-order valence-corrected chi connectivity index (χ1v) is 3.63. The molecule has 1 aromatic rings. The summed E-state index contributed by atoms with van der Waals surface area (Å²) in [6.45, 7) is 3.35. The molecule has 0 amide bonds. The molecule has 0 aromatic carbocycles. The molecule has 0 aliphatic carbocycles. The third-order valence-corrected chi connectivity index (χ3v) is 1.46. The van der Waals surface area contributed by atoms with Crippen LogP contribution in [0, 0.1) is 0 Å². The van der Waals surface area contributed by atoms with Crippen LogP contribution in [0.15, 0.2) is 17.0 Å². The Morgan fingerprint density at radius 2 is 2.64 bits per heavy atom. The Balaban J connectivity index is 2.23. The van der Waals surface area contributed by atoms with E-state index in [2.05, 4.69) is 10.3 Å². The monoisotopic (exact) mass is 155 g/mol. The highest BCUT2D eigenvalue weighted by Crippen LogP contribution is 1.95. The first-order chi connectivity index (χ1) is 5.33. The molecule has 1 heterocycles. The summed E-state index contributed by atoms with van der Waals surface area (Å²) in [7, 11) is 0. The minimum atomic E-state index is 0.320. The van der Waals surface area contributed by atoms with E-state index in [0.29, 0.717) is 19.1 Å². The minimum absolute atomic E-state index is 0.320. The first-order valence-electron chi connectivity index (χ1n) is 3.63. The molecule has 0 radical (unpaired) electrons. The number of hydrogen-bond acceptors (Lipinski definition) is 4. The van der Waals surface area contributed by atoms with Gasteiger partial charge in [-0.05, 0) is 6.92 Å². The maximum atomic E-state index is 5.40. The Morgan fingerprint density at radius 1 is 1.82 bits per heavy atom. The molecule has 0 spiro atoms. The molecule has 0 saturated carbocycles. The fourth-order valence-electron chi connectivity index (χ4n) is 0.688. The Kier molecular flexibility index (Phi) is 3.07. The minimum Gasteiger partial charge on any atom is -0.447 e. The van der Waals surface area contributed by atoms with Crippen LogP contribution in [0.5, 0.6) is 0 Å². The lowest BCUT2D eigenvalue weighted by Crippen LogP contribution is -2.32. The van der Waals surface area contributed by atoms with E-state index in [4.69, 9.17) is 10.2 Å². The smallest absolute Gasteiger partial charge is 0.180 e. The average Bonchev–Trinajstić information content (AvgIpc) is 2.52. The third kappa shape index (κ3) is 2.69. The summed E-state index contributed by atoms with van der Waals surface area (Å²) in [6, 6.07) is 0.320. The van der Waals surface area contributed by atoms with Crippen LogP contribution in [-0.2, 0) is 6.54 Å². The van der Waals surface area contributed by atoms with Gasteiger partial charge in [0.15, 0.2) is 6.39 Å². The van der Waals surface area contributed by atoms with E-state index in [9.17, 15) is 0 Å². The van der Waals surface area contributed by atoms with Crippen LogP contribution in [0.2, 0.25) is 0 Å². The SMILES string of the molecule is C[C@@H](CN)NCc1cnco1. The van der Waals surface area contributed by atoms with Gasteiger partial charge in [-0.2, -0.15) is 0 Å².